The summed E-state index contributed by atoms with van der Waals surface area (Å²) in [6.07, 6.45) is 2.52. The van der Waals surface area contributed by atoms with Gasteiger partial charge in [-0.15, -0.1) is 0 Å². The molecule has 35 heavy (non-hydrogen) atoms. The van der Waals surface area contributed by atoms with Gasteiger partial charge in [-0.3, -0.25) is 9.59 Å². The molecule has 2 aliphatic rings. The number of amides is 2. The second-order valence-electron chi connectivity index (χ2n) is 9.93. The molecule has 3 atom stereocenters. The molecule has 4 rings (SSSR count). The second-order valence-corrected chi connectivity index (χ2v) is 9.93. The summed E-state index contributed by atoms with van der Waals surface area (Å²) in [6.45, 7) is 4.07. The van der Waals surface area contributed by atoms with Gasteiger partial charge in [0.2, 0.25) is 5.91 Å². The molecule has 2 aromatic carbocycles. The van der Waals surface area contributed by atoms with Gasteiger partial charge >= 0.3 is 12.1 Å². The van der Waals surface area contributed by atoms with Gasteiger partial charge in [-0.05, 0) is 41.0 Å². The topological polar surface area (TPSA) is 105 Å². The predicted molar refractivity (Wildman–Crippen MR) is 133 cm³/mol. The first-order chi connectivity index (χ1) is 16.8. The van der Waals surface area contributed by atoms with Gasteiger partial charge in [-0.25, -0.2) is 4.79 Å². The van der Waals surface area contributed by atoms with Crippen LogP contribution in [0.4, 0.5) is 4.79 Å². The maximum atomic E-state index is 12.7. The number of alkyl carbamates (subject to hydrolysis) is 1. The van der Waals surface area contributed by atoms with E-state index in [1.165, 1.54) is 0 Å². The van der Waals surface area contributed by atoms with E-state index in [1.54, 1.807) is 0 Å². The minimum absolute atomic E-state index is 0.00265. The monoisotopic (exact) mass is 478 g/mol. The van der Waals surface area contributed by atoms with E-state index < -0.39 is 24.0 Å². The number of ether oxygens (including phenoxy) is 1. The summed E-state index contributed by atoms with van der Waals surface area (Å²) in [5.41, 5.74) is 4.61. The van der Waals surface area contributed by atoms with Crippen molar-refractivity contribution in [3.63, 3.8) is 0 Å². The summed E-state index contributed by atoms with van der Waals surface area (Å²) in [5.74, 6) is -1.70. The molecule has 7 nitrogen and oxygen atoms in total. The first-order valence-corrected chi connectivity index (χ1v) is 12.5. The van der Waals surface area contributed by atoms with E-state index in [4.69, 9.17) is 4.74 Å². The number of nitrogens with one attached hydrogen (secondary N) is 2. The Morgan fingerprint density at radius 3 is 2.17 bits per heavy atom. The molecule has 2 aliphatic carbocycles. The fourth-order valence-electron chi connectivity index (χ4n) is 5.31. The number of carboxylic acid groups (broad SMARTS) is 1. The van der Waals surface area contributed by atoms with Gasteiger partial charge in [-0.1, -0.05) is 75.2 Å². The van der Waals surface area contributed by atoms with Crippen LogP contribution in [0, 0.1) is 11.8 Å². The number of rotatable bonds is 8. The molecule has 0 radical (unpaired) electrons. The summed E-state index contributed by atoms with van der Waals surface area (Å²) >= 11 is 0. The number of aliphatic carboxylic acids is 1. The van der Waals surface area contributed by atoms with E-state index in [-0.39, 0.29) is 36.8 Å². The maximum absolute atomic E-state index is 12.7. The number of carboxylic acids is 1. The zero-order chi connectivity index (χ0) is 24.9. The minimum Gasteiger partial charge on any atom is -0.481 e. The molecular formula is C28H34N2O5. The summed E-state index contributed by atoms with van der Waals surface area (Å²) < 4.78 is 5.64. The highest BCUT2D eigenvalue weighted by Crippen LogP contribution is 2.44. The molecule has 7 heteroatoms. The zero-order valence-corrected chi connectivity index (χ0v) is 20.3. The van der Waals surface area contributed by atoms with Crippen LogP contribution < -0.4 is 10.6 Å². The molecule has 2 aromatic rings. The van der Waals surface area contributed by atoms with Crippen molar-refractivity contribution < 1.29 is 24.2 Å². The number of hydrogen-bond acceptors (Lipinski definition) is 4. The lowest BCUT2D eigenvalue weighted by molar-refractivity contribution is -0.144. The molecule has 0 saturated heterocycles. The molecule has 0 aromatic heterocycles. The van der Waals surface area contributed by atoms with E-state index >= 15 is 0 Å². The van der Waals surface area contributed by atoms with Crippen LogP contribution in [0.25, 0.3) is 11.1 Å². The van der Waals surface area contributed by atoms with Gasteiger partial charge in [0.05, 0.1) is 5.92 Å². The van der Waals surface area contributed by atoms with Crippen LogP contribution >= 0.6 is 0 Å². The first-order valence-electron chi connectivity index (χ1n) is 12.5. The van der Waals surface area contributed by atoms with Crippen molar-refractivity contribution in [3.05, 3.63) is 59.7 Å². The fraction of sp³-hybridized carbons (Fsp3) is 0.464. The average molecular weight is 479 g/mol. The Labute approximate surface area is 206 Å². The Bertz CT molecular complexity index is 1040. The highest BCUT2D eigenvalue weighted by molar-refractivity contribution is 5.80. The molecule has 186 valence electrons. The molecule has 1 fully saturated rings. The number of carbonyl (C=O) groups is 3. The standard InChI is InChI=1S/C28H34N2O5/c1-17(2)25(15-26(31)29-24-14-8-7-13-22(24)27(32)33)30-28(34)35-16-23-20-11-5-3-9-18(20)19-10-4-6-12-21(19)23/h3-6,9-12,17,22-25H,7-8,13-16H2,1-2H3,(H,29,31)(H,30,34)(H,32,33)/t22-,24+,25-/m0/s1. The Morgan fingerprint density at radius 1 is 0.971 bits per heavy atom. The van der Waals surface area contributed by atoms with Gasteiger partial charge < -0.3 is 20.5 Å². The van der Waals surface area contributed by atoms with Crippen molar-refractivity contribution in [3.8, 4) is 11.1 Å². The molecule has 0 unspecified atom stereocenters. The Hall–Kier alpha value is -3.35. The van der Waals surface area contributed by atoms with Crippen LogP contribution in [-0.2, 0) is 14.3 Å². The maximum Gasteiger partial charge on any atom is 0.407 e. The summed E-state index contributed by atoms with van der Waals surface area (Å²) in [6, 6.07) is 15.5. The number of hydrogen-bond donors (Lipinski definition) is 3. The molecule has 0 aliphatic heterocycles. The average Bonchev–Trinajstić information content (AvgIpc) is 3.16. The van der Waals surface area contributed by atoms with Crippen LogP contribution in [0.15, 0.2) is 48.5 Å². The number of carbonyl (C=O) groups excluding carboxylic acids is 2. The molecule has 0 bridgehead atoms. The normalized spacial score (nSPS) is 20.0. The van der Waals surface area contributed by atoms with Crippen molar-refractivity contribution in [1.29, 1.82) is 0 Å². The van der Waals surface area contributed by atoms with Crippen molar-refractivity contribution in [1.82, 2.24) is 10.6 Å². The SMILES string of the molecule is CC(C)[C@H](CC(=O)N[C@@H]1CCCC[C@@H]1C(=O)O)NC(=O)OCC1c2ccccc2-c2ccccc21. The Kier molecular flexibility index (Phi) is 7.73. The van der Waals surface area contributed by atoms with Crippen molar-refractivity contribution in [2.24, 2.45) is 11.8 Å². The summed E-state index contributed by atoms with van der Waals surface area (Å²) in [5, 5.41) is 15.2. The lowest BCUT2D eigenvalue weighted by atomic mass is 9.84. The Balaban J connectivity index is 1.34. The third-order valence-electron chi connectivity index (χ3n) is 7.29. The molecule has 1 saturated carbocycles. The van der Waals surface area contributed by atoms with Crippen LogP contribution in [0.3, 0.4) is 0 Å². The van der Waals surface area contributed by atoms with Gasteiger partial charge in [0.15, 0.2) is 0 Å². The second kappa shape index (κ2) is 10.9. The smallest absolute Gasteiger partial charge is 0.407 e. The first kappa shape index (κ1) is 24.8. The van der Waals surface area contributed by atoms with Crippen LogP contribution in [0.2, 0.25) is 0 Å². The van der Waals surface area contributed by atoms with E-state index in [2.05, 4.69) is 34.9 Å². The van der Waals surface area contributed by atoms with Crippen LogP contribution in [0.1, 0.15) is 63.0 Å². The predicted octanol–water partition coefficient (Wildman–Crippen LogP) is 4.70. The Morgan fingerprint density at radius 2 is 1.57 bits per heavy atom. The highest BCUT2D eigenvalue weighted by Gasteiger charge is 2.33. The van der Waals surface area contributed by atoms with Gasteiger partial charge in [0, 0.05) is 24.4 Å². The van der Waals surface area contributed by atoms with Crippen molar-refractivity contribution >= 4 is 18.0 Å². The van der Waals surface area contributed by atoms with E-state index in [1.807, 2.05) is 38.1 Å². The third kappa shape index (κ3) is 5.66. The van der Waals surface area contributed by atoms with Gasteiger partial charge in [0.25, 0.3) is 0 Å². The quantitative estimate of drug-likeness (QED) is 0.510. The largest absolute Gasteiger partial charge is 0.481 e. The fourth-order valence-corrected chi connectivity index (χ4v) is 5.31. The number of fused-ring (bicyclic) bond motifs is 3. The summed E-state index contributed by atoms with van der Waals surface area (Å²) in [4.78, 5) is 37.0. The van der Waals surface area contributed by atoms with E-state index in [9.17, 15) is 19.5 Å². The minimum atomic E-state index is -0.868. The number of benzene rings is 2. The van der Waals surface area contributed by atoms with E-state index in [0.717, 1.165) is 35.1 Å². The van der Waals surface area contributed by atoms with Crippen LogP contribution in [0.5, 0.6) is 0 Å². The molecule has 0 spiro atoms. The summed E-state index contributed by atoms with van der Waals surface area (Å²) in [7, 11) is 0. The third-order valence-corrected chi connectivity index (χ3v) is 7.29. The molecule has 3 N–H and O–H groups in total. The van der Waals surface area contributed by atoms with Crippen LogP contribution in [-0.4, -0.2) is 41.8 Å². The van der Waals surface area contributed by atoms with Crippen molar-refractivity contribution in [2.45, 2.75) is 64.0 Å². The van der Waals surface area contributed by atoms with Gasteiger partial charge in [0.1, 0.15) is 6.61 Å². The molecule has 0 heterocycles. The highest BCUT2D eigenvalue weighted by atomic mass is 16.5. The zero-order valence-electron chi connectivity index (χ0n) is 20.3. The lowest BCUT2D eigenvalue weighted by Crippen LogP contribution is -2.48. The van der Waals surface area contributed by atoms with Gasteiger partial charge in [-0.2, -0.15) is 0 Å². The van der Waals surface area contributed by atoms with E-state index in [0.29, 0.717) is 12.8 Å². The molecular weight excluding hydrogens is 444 g/mol. The molecule has 2 amide bonds. The lowest BCUT2D eigenvalue weighted by Gasteiger charge is -2.30. The van der Waals surface area contributed by atoms with Crippen molar-refractivity contribution in [2.75, 3.05) is 6.61 Å².